The maximum atomic E-state index is 13.5. The Labute approximate surface area is 118 Å². The number of aromatic amines is 1. The van der Waals surface area contributed by atoms with Gasteiger partial charge in [-0.2, -0.15) is 5.10 Å². The Morgan fingerprint density at radius 1 is 1.20 bits per heavy atom. The van der Waals surface area contributed by atoms with Crippen LogP contribution in [-0.4, -0.2) is 23.3 Å². The van der Waals surface area contributed by atoms with E-state index in [9.17, 15) is 4.39 Å². The molecule has 0 aliphatic carbocycles. The molecule has 3 rings (SSSR count). The van der Waals surface area contributed by atoms with Crippen LogP contribution >= 0.6 is 0 Å². The number of hydrogen-bond donors (Lipinski definition) is 2. The molecule has 5 heteroatoms. The van der Waals surface area contributed by atoms with Crippen molar-refractivity contribution in [3.05, 3.63) is 42.0 Å². The third kappa shape index (κ3) is 2.92. The molecule has 0 atom stereocenters. The van der Waals surface area contributed by atoms with Crippen LogP contribution in [-0.2, 0) is 6.54 Å². The minimum atomic E-state index is -0.210. The van der Waals surface area contributed by atoms with Crippen molar-refractivity contribution in [1.82, 2.24) is 10.2 Å². The van der Waals surface area contributed by atoms with Crippen molar-refractivity contribution >= 4 is 11.4 Å². The van der Waals surface area contributed by atoms with Crippen LogP contribution in [0.2, 0.25) is 0 Å². The van der Waals surface area contributed by atoms with Gasteiger partial charge >= 0.3 is 0 Å². The quantitative estimate of drug-likeness (QED) is 0.900. The summed E-state index contributed by atoms with van der Waals surface area (Å²) in [6.45, 7) is 2.71. The zero-order valence-electron chi connectivity index (χ0n) is 11.4. The predicted octanol–water partition coefficient (Wildman–Crippen LogP) is 3.15. The van der Waals surface area contributed by atoms with Gasteiger partial charge in [0.25, 0.3) is 0 Å². The molecule has 0 radical (unpaired) electrons. The summed E-state index contributed by atoms with van der Waals surface area (Å²) in [7, 11) is 0. The first-order valence-electron chi connectivity index (χ1n) is 7.09. The molecular formula is C15H19FN4. The number of H-pyrrole nitrogens is 1. The van der Waals surface area contributed by atoms with Gasteiger partial charge in [0.2, 0.25) is 0 Å². The van der Waals surface area contributed by atoms with E-state index in [-0.39, 0.29) is 5.82 Å². The number of nitrogens with one attached hydrogen (secondary N) is 2. The Morgan fingerprint density at radius 2 is 2.05 bits per heavy atom. The number of aromatic nitrogens is 2. The van der Waals surface area contributed by atoms with Crippen LogP contribution in [0.25, 0.3) is 0 Å². The molecule has 1 fully saturated rings. The van der Waals surface area contributed by atoms with Crippen LogP contribution in [0.3, 0.4) is 0 Å². The molecule has 2 N–H and O–H groups in total. The fraction of sp³-hybridized carbons (Fsp3) is 0.400. The van der Waals surface area contributed by atoms with Crippen LogP contribution in [0.15, 0.2) is 30.5 Å². The monoisotopic (exact) mass is 274 g/mol. The minimum Gasteiger partial charge on any atom is -0.378 e. The lowest BCUT2D eigenvalue weighted by atomic mass is 10.1. The third-order valence-electron chi connectivity index (χ3n) is 3.68. The van der Waals surface area contributed by atoms with E-state index in [0.29, 0.717) is 6.54 Å². The molecule has 0 bridgehead atoms. The number of rotatable bonds is 4. The second kappa shape index (κ2) is 5.94. The van der Waals surface area contributed by atoms with Crippen molar-refractivity contribution in [1.29, 1.82) is 0 Å². The predicted molar refractivity (Wildman–Crippen MR) is 78.4 cm³/mol. The number of nitrogens with zero attached hydrogens (tertiary/aromatic N) is 2. The fourth-order valence-corrected chi connectivity index (χ4v) is 2.63. The molecule has 1 aromatic carbocycles. The molecule has 0 amide bonds. The van der Waals surface area contributed by atoms with E-state index in [1.807, 2.05) is 12.1 Å². The lowest BCUT2D eigenvalue weighted by Crippen LogP contribution is -2.30. The molecule has 106 valence electrons. The van der Waals surface area contributed by atoms with Gasteiger partial charge in [-0.15, -0.1) is 0 Å². The standard InChI is InChI=1S/C15H19FN4/c16-12-4-5-15(20-8-2-1-3-9-20)14(10-12)17-11-13-6-7-18-19-13/h4-7,10,17H,1-3,8-9,11H2,(H,18,19). The Balaban J connectivity index is 1.78. The van der Waals surface area contributed by atoms with Crippen molar-refractivity contribution < 1.29 is 4.39 Å². The summed E-state index contributed by atoms with van der Waals surface area (Å²) in [6, 6.07) is 6.88. The Bertz CT molecular complexity index is 547. The fourth-order valence-electron chi connectivity index (χ4n) is 2.63. The lowest BCUT2D eigenvalue weighted by Gasteiger charge is -2.30. The van der Waals surface area contributed by atoms with Crippen LogP contribution in [0.1, 0.15) is 25.0 Å². The molecular weight excluding hydrogens is 255 g/mol. The first kappa shape index (κ1) is 13.0. The van der Waals surface area contributed by atoms with Crippen molar-refractivity contribution in [2.75, 3.05) is 23.3 Å². The summed E-state index contributed by atoms with van der Waals surface area (Å²) in [4.78, 5) is 2.33. The molecule has 0 spiro atoms. The molecule has 4 nitrogen and oxygen atoms in total. The van der Waals surface area contributed by atoms with E-state index in [4.69, 9.17) is 0 Å². The van der Waals surface area contributed by atoms with Gasteiger partial charge in [-0.25, -0.2) is 4.39 Å². The molecule has 1 saturated heterocycles. The van der Waals surface area contributed by atoms with Crippen LogP contribution in [0.5, 0.6) is 0 Å². The molecule has 1 aromatic heterocycles. The molecule has 0 unspecified atom stereocenters. The molecule has 0 saturated carbocycles. The van der Waals surface area contributed by atoms with Gasteiger partial charge in [-0.05, 0) is 43.5 Å². The molecule has 2 aromatic rings. The Kier molecular flexibility index (Phi) is 3.85. The van der Waals surface area contributed by atoms with E-state index in [2.05, 4.69) is 20.4 Å². The van der Waals surface area contributed by atoms with Gasteiger partial charge in [-0.1, -0.05) is 0 Å². The van der Waals surface area contributed by atoms with Gasteiger partial charge < -0.3 is 10.2 Å². The number of piperidine rings is 1. The second-order valence-corrected chi connectivity index (χ2v) is 5.14. The molecule has 1 aliphatic heterocycles. The maximum absolute atomic E-state index is 13.5. The summed E-state index contributed by atoms with van der Waals surface area (Å²) in [6.07, 6.45) is 5.41. The highest BCUT2D eigenvalue weighted by molar-refractivity contribution is 5.70. The van der Waals surface area contributed by atoms with E-state index in [1.54, 1.807) is 12.3 Å². The van der Waals surface area contributed by atoms with Crippen molar-refractivity contribution in [3.63, 3.8) is 0 Å². The number of benzene rings is 1. The van der Waals surface area contributed by atoms with Gasteiger partial charge in [0.15, 0.2) is 0 Å². The average molecular weight is 274 g/mol. The summed E-state index contributed by atoms with van der Waals surface area (Å²) in [5, 5.41) is 10.1. The van der Waals surface area contributed by atoms with Crippen molar-refractivity contribution in [3.8, 4) is 0 Å². The summed E-state index contributed by atoms with van der Waals surface area (Å²) >= 11 is 0. The zero-order chi connectivity index (χ0) is 13.8. The average Bonchev–Trinajstić information content (AvgIpc) is 2.99. The maximum Gasteiger partial charge on any atom is 0.125 e. The van der Waals surface area contributed by atoms with Gasteiger partial charge in [-0.3, -0.25) is 5.10 Å². The smallest absolute Gasteiger partial charge is 0.125 e. The minimum absolute atomic E-state index is 0.210. The summed E-state index contributed by atoms with van der Waals surface area (Å²) < 4.78 is 13.5. The van der Waals surface area contributed by atoms with Crippen LogP contribution in [0, 0.1) is 5.82 Å². The topological polar surface area (TPSA) is 44.0 Å². The van der Waals surface area contributed by atoms with Crippen molar-refractivity contribution in [2.45, 2.75) is 25.8 Å². The van der Waals surface area contributed by atoms with Gasteiger partial charge in [0.05, 0.1) is 23.6 Å². The van der Waals surface area contributed by atoms with Gasteiger partial charge in [0, 0.05) is 19.3 Å². The van der Waals surface area contributed by atoms with Crippen molar-refractivity contribution in [2.24, 2.45) is 0 Å². The normalized spacial score (nSPS) is 15.3. The van der Waals surface area contributed by atoms with E-state index >= 15 is 0 Å². The largest absolute Gasteiger partial charge is 0.378 e. The number of hydrogen-bond acceptors (Lipinski definition) is 3. The summed E-state index contributed by atoms with van der Waals surface area (Å²) in [5.74, 6) is -0.210. The SMILES string of the molecule is Fc1ccc(N2CCCCC2)c(NCc2ccn[nH]2)c1. The lowest BCUT2D eigenvalue weighted by molar-refractivity contribution is 0.577. The highest BCUT2D eigenvalue weighted by Crippen LogP contribution is 2.29. The number of anilines is 2. The first-order valence-corrected chi connectivity index (χ1v) is 7.09. The highest BCUT2D eigenvalue weighted by atomic mass is 19.1. The highest BCUT2D eigenvalue weighted by Gasteiger charge is 2.15. The molecule has 20 heavy (non-hydrogen) atoms. The van der Waals surface area contributed by atoms with E-state index < -0.39 is 0 Å². The second-order valence-electron chi connectivity index (χ2n) is 5.14. The van der Waals surface area contributed by atoms with Gasteiger partial charge in [0.1, 0.15) is 5.82 Å². The summed E-state index contributed by atoms with van der Waals surface area (Å²) in [5.41, 5.74) is 2.92. The van der Waals surface area contributed by atoms with Crippen LogP contribution < -0.4 is 10.2 Å². The van der Waals surface area contributed by atoms with Crippen LogP contribution in [0.4, 0.5) is 15.8 Å². The third-order valence-corrected chi connectivity index (χ3v) is 3.68. The number of halogens is 1. The Hall–Kier alpha value is -2.04. The van der Waals surface area contributed by atoms with E-state index in [1.165, 1.54) is 25.3 Å². The van der Waals surface area contributed by atoms with E-state index in [0.717, 1.165) is 30.2 Å². The molecule has 2 heterocycles. The Morgan fingerprint density at radius 3 is 2.80 bits per heavy atom. The zero-order valence-corrected chi connectivity index (χ0v) is 11.4. The first-order chi connectivity index (χ1) is 9.83. The molecule has 1 aliphatic rings.